The topological polar surface area (TPSA) is 254 Å². The Kier molecular flexibility index (Phi) is 15.0. The second-order valence-electron chi connectivity index (χ2n) is 4.18. The zero-order chi connectivity index (χ0) is 17.9. The molecule has 0 aliphatic carbocycles. The van der Waals surface area contributed by atoms with E-state index in [1.54, 1.807) is 0 Å². The number of pyridine rings is 3. The molecule has 0 spiro atoms. The number of aromatic nitrogens is 3. The van der Waals surface area contributed by atoms with E-state index in [9.17, 15) is 14.4 Å². The highest BCUT2D eigenvalue weighted by Crippen LogP contribution is 1.92. The molecule has 12 nitrogen and oxygen atoms in total. The number of hydrogen-bond acceptors (Lipinski definition) is 6. The summed E-state index contributed by atoms with van der Waals surface area (Å²) in [6.45, 7) is 0. The molecular formula is C15H21N3O9. The molecule has 0 radical (unpaired) electrons. The van der Waals surface area contributed by atoms with E-state index < -0.39 is 0 Å². The van der Waals surface area contributed by atoms with E-state index in [1.165, 1.54) is 55.4 Å². The second-order valence-corrected chi connectivity index (χ2v) is 4.18. The first-order chi connectivity index (χ1) is 11.4. The molecule has 0 amide bonds. The molecule has 0 aliphatic heterocycles. The summed E-state index contributed by atoms with van der Waals surface area (Å²) in [5.41, 5.74) is -1.07. The predicted molar refractivity (Wildman–Crippen MR) is 97.0 cm³/mol. The van der Waals surface area contributed by atoms with Gasteiger partial charge in [-0.1, -0.05) is 0 Å². The third-order valence-corrected chi connectivity index (χ3v) is 2.41. The van der Waals surface area contributed by atoms with Crippen molar-refractivity contribution < 1.29 is 31.7 Å². The fraction of sp³-hybridized carbons (Fsp3) is 0. The highest BCUT2D eigenvalue weighted by Gasteiger charge is 1.88. The molecule has 0 unspecified atom stereocenters. The lowest BCUT2D eigenvalue weighted by atomic mass is 10.4. The van der Waals surface area contributed by atoms with Gasteiger partial charge in [-0.05, 0) is 0 Å². The van der Waals surface area contributed by atoms with E-state index in [4.69, 9.17) is 15.3 Å². The normalized spacial score (nSPS) is 8.00. The lowest BCUT2D eigenvalue weighted by molar-refractivity contribution is 0.467. The highest BCUT2D eigenvalue weighted by molar-refractivity contribution is 5.14. The Morgan fingerprint density at radius 2 is 0.741 bits per heavy atom. The molecule has 0 saturated carbocycles. The summed E-state index contributed by atoms with van der Waals surface area (Å²) in [4.78, 5) is 38.7. The van der Waals surface area contributed by atoms with Crippen molar-refractivity contribution >= 4 is 0 Å². The summed E-state index contributed by atoms with van der Waals surface area (Å²) in [6, 6.07) is 3.78. The molecule has 0 bridgehead atoms. The van der Waals surface area contributed by atoms with E-state index in [2.05, 4.69) is 15.0 Å². The Morgan fingerprint density at radius 3 is 0.852 bits per heavy atom. The van der Waals surface area contributed by atoms with Gasteiger partial charge in [-0.3, -0.25) is 14.4 Å². The molecule has 12 heteroatoms. The van der Waals surface area contributed by atoms with Gasteiger partial charge >= 0.3 is 0 Å². The summed E-state index contributed by atoms with van der Waals surface area (Å²) >= 11 is 0. The number of nitrogens with one attached hydrogen (secondary N) is 3. The molecule has 0 aromatic carbocycles. The second kappa shape index (κ2) is 14.5. The molecule has 12 N–H and O–H groups in total. The third-order valence-electron chi connectivity index (χ3n) is 2.41. The van der Waals surface area contributed by atoms with E-state index in [0.717, 1.165) is 0 Å². The quantitative estimate of drug-likeness (QED) is 0.248. The third kappa shape index (κ3) is 10.6. The highest BCUT2D eigenvalue weighted by atomic mass is 16.3. The van der Waals surface area contributed by atoms with Gasteiger partial charge in [-0.2, -0.15) is 0 Å². The van der Waals surface area contributed by atoms with Crippen LogP contribution in [0.2, 0.25) is 0 Å². The Labute approximate surface area is 151 Å². The first kappa shape index (κ1) is 28.0. The van der Waals surface area contributed by atoms with Crippen LogP contribution in [0.3, 0.4) is 0 Å². The first-order valence-corrected chi connectivity index (χ1v) is 6.50. The maximum absolute atomic E-state index is 10.3. The smallest absolute Gasteiger partial charge is 0.223 e. The lowest BCUT2D eigenvalue weighted by Gasteiger charge is -1.83. The minimum Gasteiger partial charge on any atom is -0.503 e. The van der Waals surface area contributed by atoms with Crippen molar-refractivity contribution in [3.05, 3.63) is 86.1 Å². The van der Waals surface area contributed by atoms with Crippen molar-refractivity contribution in [1.82, 2.24) is 15.0 Å². The summed E-state index contributed by atoms with van der Waals surface area (Å²) in [7, 11) is 0. The maximum Gasteiger partial charge on any atom is 0.223 e. The van der Waals surface area contributed by atoms with Gasteiger partial charge in [0.1, 0.15) is 0 Å². The predicted octanol–water partition coefficient (Wildman–Crippen LogP) is -2.23. The minimum atomic E-state index is -0.358. The molecule has 0 atom stereocenters. The van der Waals surface area contributed by atoms with Crippen LogP contribution in [0.1, 0.15) is 0 Å². The summed E-state index contributed by atoms with van der Waals surface area (Å²) in [5, 5.41) is 25.7. The monoisotopic (exact) mass is 387 g/mol. The number of hydrogen-bond donors (Lipinski definition) is 6. The Hall–Kier alpha value is -3.87. The SMILES string of the molecule is O.O.O.O=c1cc[nH]cc1O.O=c1cc[nH]cc1O.O=c1cc[nH]cc1O. The number of aromatic hydroxyl groups is 3. The van der Waals surface area contributed by atoms with Crippen molar-refractivity contribution in [2.24, 2.45) is 0 Å². The van der Waals surface area contributed by atoms with Crippen molar-refractivity contribution in [1.29, 1.82) is 0 Å². The molecule has 0 saturated heterocycles. The first-order valence-electron chi connectivity index (χ1n) is 6.50. The zero-order valence-corrected chi connectivity index (χ0v) is 13.8. The standard InChI is InChI=1S/3C5H5NO2.3H2O/c3*7-4-1-2-6-3-5(4)8;;;/h3*1-3,8H,(H,6,7);3*1H2. The van der Waals surface area contributed by atoms with Gasteiger partial charge in [0.2, 0.25) is 16.3 Å². The van der Waals surface area contributed by atoms with Gasteiger partial charge in [-0.15, -0.1) is 0 Å². The minimum absolute atomic E-state index is 0. The average molecular weight is 387 g/mol. The van der Waals surface area contributed by atoms with Crippen LogP contribution >= 0.6 is 0 Å². The van der Waals surface area contributed by atoms with E-state index >= 15 is 0 Å². The van der Waals surface area contributed by atoms with E-state index in [-0.39, 0.29) is 50.0 Å². The van der Waals surface area contributed by atoms with E-state index in [1.807, 2.05) is 0 Å². The molecule has 27 heavy (non-hydrogen) atoms. The van der Waals surface area contributed by atoms with Crippen LogP contribution in [-0.4, -0.2) is 46.7 Å². The van der Waals surface area contributed by atoms with E-state index in [0.29, 0.717) is 0 Å². The van der Waals surface area contributed by atoms with Crippen LogP contribution in [0.25, 0.3) is 0 Å². The fourth-order valence-electron chi connectivity index (χ4n) is 1.22. The van der Waals surface area contributed by atoms with Crippen molar-refractivity contribution in [2.75, 3.05) is 0 Å². The molecular weight excluding hydrogens is 366 g/mol. The van der Waals surface area contributed by atoms with Gasteiger partial charge in [0.05, 0.1) is 0 Å². The van der Waals surface area contributed by atoms with Crippen molar-refractivity contribution in [3.63, 3.8) is 0 Å². The maximum atomic E-state index is 10.3. The number of rotatable bonds is 0. The van der Waals surface area contributed by atoms with Crippen molar-refractivity contribution in [3.8, 4) is 17.2 Å². The summed E-state index contributed by atoms with van der Waals surface area (Å²) in [6.07, 6.45) is 8.10. The Morgan fingerprint density at radius 1 is 0.519 bits per heavy atom. The average Bonchev–Trinajstić information content (AvgIpc) is 2.57. The molecule has 0 aliphatic rings. The molecule has 3 heterocycles. The Bertz CT molecular complexity index is 811. The molecule has 3 aromatic rings. The largest absolute Gasteiger partial charge is 0.503 e. The van der Waals surface area contributed by atoms with Gasteiger partial charge in [-0.25, -0.2) is 0 Å². The van der Waals surface area contributed by atoms with Gasteiger partial charge in [0, 0.05) is 55.4 Å². The van der Waals surface area contributed by atoms with Crippen LogP contribution < -0.4 is 16.3 Å². The van der Waals surface area contributed by atoms with Gasteiger partial charge in [0.15, 0.2) is 17.2 Å². The van der Waals surface area contributed by atoms with Gasteiger partial charge in [0.25, 0.3) is 0 Å². The fourth-order valence-corrected chi connectivity index (χ4v) is 1.22. The zero-order valence-electron chi connectivity index (χ0n) is 13.8. The van der Waals surface area contributed by atoms with Crippen LogP contribution in [-0.2, 0) is 0 Å². The van der Waals surface area contributed by atoms with Crippen LogP contribution in [0.15, 0.2) is 69.8 Å². The number of aromatic amines is 3. The Balaban J connectivity index is -0.000000303. The summed E-state index contributed by atoms with van der Waals surface area (Å²) < 4.78 is 0. The molecule has 0 fully saturated rings. The van der Waals surface area contributed by atoms with Crippen LogP contribution in [0.5, 0.6) is 17.2 Å². The molecule has 3 rings (SSSR count). The van der Waals surface area contributed by atoms with Gasteiger partial charge < -0.3 is 46.7 Å². The van der Waals surface area contributed by atoms with Crippen LogP contribution in [0.4, 0.5) is 0 Å². The molecule has 3 aromatic heterocycles. The summed E-state index contributed by atoms with van der Waals surface area (Å²) in [5.74, 6) is -0.729. The lowest BCUT2D eigenvalue weighted by Crippen LogP contribution is -1.95. The van der Waals surface area contributed by atoms with Crippen LogP contribution in [0, 0.1) is 0 Å². The molecule has 150 valence electrons. The number of H-pyrrole nitrogens is 3. The van der Waals surface area contributed by atoms with Crippen molar-refractivity contribution in [2.45, 2.75) is 0 Å².